The number of carbonyl (C=O) groups is 1. The summed E-state index contributed by atoms with van der Waals surface area (Å²) in [6.07, 6.45) is 3.77. The van der Waals surface area contributed by atoms with Gasteiger partial charge in [-0.1, -0.05) is 12.5 Å². The van der Waals surface area contributed by atoms with Crippen molar-refractivity contribution in [2.75, 3.05) is 41.0 Å². The van der Waals surface area contributed by atoms with Crippen LogP contribution >= 0.6 is 0 Å². The zero-order chi connectivity index (χ0) is 18.9. The molecule has 3 N–H and O–H groups in total. The molecule has 0 spiro atoms. The number of hydrogen-bond donors (Lipinski definition) is 2. The van der Waals surface area contributed by atoms with Gasteiger partial charge in [-0.25, -0.2) is 0 Å². The second-order valence-corrected chi connectivity index (χ2v) is 6.46. The van der Waals surface area contributed by atoms with E-state index in [0.29, 0.717) is 42.8 Å². The van der Waals surface area contributed by atoms with Crippen LogP contribution in [0.5, 0.6) is 17.2 Å². The standard InChI is InChI=1S/C19H31N3O4/c1-24-16-8-7-14(18(25-2)19(16)26-3)13-22-11-5-4-6-15(22)12-21-17(23)9-10-20/h7-8,15H,4-6,9-13,20H2,1-3H3,(H,21,23). The average molecular weight is 365 g/mol. The molecular formula is C19H31N3O4. The average Bonchev–Trinajstić information content (AvgIpc) is 2.67. The van der Waals surface area contributed by atoms with Gasteiger partial charge >= 0.3 is 0 Å². The van der Waals surface area contributed by atoms with Gasteiger partial charge in [0.2, 0.25) is 11.7 Å². The molecule has 1 heterocycles. The first-order valence-electron chi connectivity index (χ1n) is 9.13. The summed E-state index contributed by atoms with van der Waals surface area (Å²) < 4.78 is 16.4. The van der Waals surface area contributed by atoms with Crippen molar-refractivity contribution < 1.29 is 19.0 Å². The van der Waals surface area contributed by atoms with Crippen LogP contribution in [0.1, 0.15) is 31.2 Å². The van der Waals surface area contributed by atoms with E-state index in [4.69, 9.17) is 19.9 Å². The van der Waals surface area contributed by atoms with Gasteiger partial charge in [0.15, 0.2) is 11.5 Å². The van der Waals surface area contributed by atoms with Crippen LogP contribution in [0.4, 0.5) is 0 Å². The third-order valence-corrected chi connectivity index (χ3v) is 4.81. The van der Waals surface area contributed by atoms with Gasteiger partial charge in [0.25, 0.3) is 0 Å². The van der Waals surface area contributed by atoms with Gasteiger partial charge in [-0.2, -0.15) is 0 Å². The molecule has 0 aromatic heterocycles. The van der Waals surface area contributed by atoms with E-state index in [0.717, 1.165) is 31.5 Å². The maximum absolute atomic E-state index is 11.7. The summed E-state index contributed by atoms with van der Waals surface area (Å²) in [7, 11) is 4.87. The van der Waals surface area contributed by atoms with Crippen LogP contribution in [0.15, 0.2) is 12.1 Å². The predicted molar refractivity (Wildman–Crippen MR) is 101 cm³/mol. The van der Waals surface area contributed by atoms with E-state index < -0.39 is 0 Å². The smallest absolute Gasteiger partial charge is 0.221 e. The molecule has 1 fully saturated rings. The van der Waals surface area contributed by atoms with E-state index >= 15 is 0 Å². The Labute approximate surface area is 155 Å². The molecule has 1 aromatic carbocycles. The molecule has 1 atom stereocenters. The highest BCUT2D eigenvalue weighted by molar-refractivity contribution is 5.76. The zero-order valence-corrected chi connectivity index (χ0v) is 16.0. The highest BCUT2D eigenvalue weighted by Crippen LogP contribution is 2.40. The Hall–Kier alpha value is -1.99. The molecule has 7 nitrogen and oxygen atoms in total. The lowest BCUT2D eigenvalue weighted by atomic mass is 10.0. The van der Waals surface area contributed by atoms with Crippen LogP contribution in [0.2, 0.25) is 0 Å². The lowest BCUT2D eigenvalue weighted by Crippen LogP contribution is -2.46. The van der Waals surface area contributed by atoms with Gasteiger partial charge < -0.3 is 25.3 Å². The van der Waals surface area contributed by atoms with E-state index in [1.807, 2.05) is 12.1 Å². The Morgan fingerprint density at radius 3 is 2.62 bits per heavy atom. The van der Waals surface area contributed by atoms with Crippen molar-refractivity contribution in [1.29, 1.82) is 0 Å². The number of piperidine rings is 1. The van der Waals surface area contributed by atoms with Gasteiger partial charge in [0, 0.05) is 37.7 Å². The number of methoxy groups -OCH3 is 3. The largest absolute Gasteiger partial charge is 0.493 e. The summed E-state index contributed by atoms with van der Waals surface area (Å²) in [4.78, 5) is 14.1. The number of hydrogen-bond acceptors (Lipinski definition) is 6. The normalized spacial score (nSPS) is 17.6. The van der Waals surface area contributed by atoms with Crippen LogP contribution in [0.3, 0.4) is 0 Å². The quantitative estimate of drug-likeness (QED) is 0.690. The van der Waals surface area contributed by atoms with E-state index in [1.54, 1.807) is 21.3 Å². The topological polar surface area (TPSA) is 86.1 Å². The molecule has 0 bridgehead atoms. The maximum Gasteiger partial charge on any atom is 0.221 e. The maximum atomic E-state index is 11.7. The van der Waals surface area contributed by atoms with Crippen molar-refractivity contribution >= 4 is 5.91 Å². The third-order valence-electron chi connectivity index (χ3n) is 4.81. The molecule has 1 saturated heterocycles. The highest BCUT2D eigenvalue weighted by atomic mass is 16.5. The Morgan fingerprint density at radius 1 is 1.19 bits per heavy atom. The van der Waals surface area contributed by atoms with Gasteiger partial charge in [-0.15, -0.1) is 0 Å². The van der Waals surface area contributed by atoms with Crippen molar-refractivity contribution in [3.05, 3.63) is 17.7 Å². The number of nitrogens with two attached hydrogens (primary N) is 1. The monoisotopic (exact) mass is 365 g/mol. The molecule has 0 saturated carbocycles. The van der Waals surface area contributed by atoms with Gasteiger partial charge in [-0.3, -0.25) is 9.69 Å². The Kier molecular flexibility index (Phi) is 8.00. The van der Waals surface area contributed by atoms with Gasteiger partial charge in [-0.05, 0) is 25.5 Å². The predicted octanol–water partition coefficient (Wildman–Crippen LogP) is 1.53. The summed E-state index contributed by atoms with van der Waals surface area (Å²) in [5.41, 5.74) is 6.49. The number of amides is 1. The first-order chi connectivity index (χ1) is 12.6. The first-order valence-corrected chi connectivity index (χ1v) is 9.13. The van der Waals surface area contributed by atoms with E-state index in [2.05, 4.69) is 10.2 Å². The van der Waals surface area contributed by atoms with Gasteiger partial charge in [0.05, 0.1) is 21.3 Å². The Balaban J connectivity index is 2.12. The number of nitrogens with one attached hydrogen (secondary N) is 1. The second kappa shape index (κ2) is 10.2. The molecule has 0 aliphatic carbocycles. The molecule has 1 amide bonds. The number of ether oxygens (including phenoxy) is 3. The summed E-state index contributed by atoms with van der Waals surface area (Å²) in [5.74, 6) is 1.97. The van der Waals surface area contributed by atoms with Crippen LogP contribution < -0.4 is 25.3 Å². The molecule has 0 radical (unpaired) electrons. The number of carbonyl (C=O) groups excluding carboxylic acids is 1. The molecule has 1 aromatic rings. The zero-order valence-electron chi connectivity index (χ0n) is 16.0. The Bertz CT molecular complexity index is 594. The minimum absolute atomic E-state index is 0.0155. The van der Waals surface area contributed by atoms with Crippen molar-refractivity contribution in [1.82, 2.24) is 10.2 Å². The first kappa shape index (κ1) is 20.3. The number of nitrogens with zero attached hydrogens (tertiary/aromatic N) is 1. The van der Waals surface area contributed by atoms with Gasteiger partial charge in [0.1, 0.15) is 0 Å². The van der Waals surface area contributed by atoms with Crippen molar-refractivity contribution in [3.63, 3.8) is 0 Å². The molecule has 146 valence electrons. The molecule has 1 unspecified atom stereocenters. The summed E-state index contributed by atoms with van der Waals surface area (Å²) in [5, 5.41) is 3.00. The fraction of sp³-hybridized carbons (Fsp3) is 0.632. The summed E-state index contributed by atoms with van der Waals surface area (Å²) >= 11 is 0. The van der Waals surface area contributed by atoms with Crippen LogP contribution in [0.25, 0.3) is 0 Å². The van der Waals surface area contributed by atoms with Crippen molar-refractivity contribution in [3.8, 4) is 17.2 Å². The molecule has 1 aliphatic rings. The molecule has 7 heteroatoms. The fourth-order valence-corrected chi connectivity index (χ4v) is 3.46. The lowest BCUT2D eigenvalue weighted by Gasteiger charge is -2.36. The van der Waals surface area contributed by atoms with Crippen LogP contribution in [-0.2, 0) is 11.3 Å². The van der Waals surface area contributed by atoms with Crippen molar-refractivity contribution in [2.24, 2.45) is 5.73 Å². The van der Waals surface area contributed by atoms with Crippen LogP contribution in [-0.4, -0.2) is 57.8 Å². The van der Waals surface area contributed by atoms with E-state index in [1.165, 1.54) is 6.42 Å². The van der Waals surface area contributed by atoms with Crippen LogP contribution in [0, 0.1) is 0 Å². The summed E-state index contributed by atoms with van der Waals surface area (Å²) in [6.45, 7) is 2.76. The molecule has 2 rings (SSSR count). The van der Waals surface area contributed by atoms with Crippen molar-refractivity contribution in [2.45, 2.75) is 38.3 Å². The minimum atomic E-state index is 0.0155. The number of rotatable bonds is 9. The second-order valence-electron chi connectivity index (χ2n) is 6.46. The SMILES string of the molecule is COc1ccc(CN2CCCCC2CNC(=O)CCN)c(OC)c1OC. The van der Waals surface area contributed by atoms with E-state index in [9.17, 15) is 4.79 Å². The van der Waals surface area contributed by atoms with E-state index in [-0.39, 0.29) is 5.91 Å². The Morgan fingerprint density at radius 2 is 1.96 bits per heavy atom. The lowest BCUT2D eigenvalue weighted by molar-refractivity contribution is -0.121. The number of likely N-dealkylation sites (tertiary alicyclic amines) is 1. The fourth-order valence-electron chi connectivity index (χ4n) is 3.46. The summed E-state index contributed by atoms with van der Waals surface area (Å²) in [6, 6.07) is 4.22. The third kappa shape index (κ3) is 5.02. The molecule has 1 aliphatic heterocycles. The molecular weight excluding hydrogens is 334 g/mol. The number of benzene rings is 1. The molecule has 26 heavy (non-hydrogen) atoms. The minimum Gasteiger partial charge on any atom is -0.493 e. The highest BCUT2D eigenvalue weighted by Gasteiger charge is 2.25.